The molecule has 1 N–H and O–H groups in total. The Morgan fingerprint density at radius 3 is 1.89 bits per heavy atom. The second-order valence-corrected chi connectivity index (χ2v) is 8.84. The van der Waals surface area contributed by atoms with Crippen LogP contribution in [-0.2, 0) is 14.9 Å². The number of rotatable bonds is 20. The fraction of sp³-hybridized carbons (Fsp3) is 0.857. The van der Waals surface area contributed by atoms with Gasteiger partial charge in [0.05, 0.1) is 22.4 Å². The Bertz CT molecular complexity index is 481. The van der Waals surface area contributed by atoms with Crippen LogP contribution in [0.2, 0.25) is 0 Å². The van der Waals surface area contributed by atoms with Gasteiger partial charge in [-0.05, 0) is 32.1 Å². The van der Waals surface area contributed by atoms with Crippen molar-refractivity contribution in [1.29, 1.82) is 0 Å². The van der Waals surface area contributed by atoms with Crippen molar-refractivity contribution in [3.05, 3.63) is 12.2 Å². The number of hydrogen-bond acceptors (Lipinski definition) is 5. The van der Waals surface area contributed by atoms with Gasteiger partial charge in [0.25, 0.3) is 0 Å². The smallest absolute Gasteiger partial charge is 0.748 e. The zero-order valence-corrected chi connectivity index (χ0v) is 22.2. The maximum atomic E-state index is 11.6. The second kappa shape index (κ2) is 22.6. The number of Topliss-reactive ketones (excluding diaryl/α,β-unsaturated/α-hetero) is 1. The number of carbonyl (C=O) groups excluding carboxylic acids is 1. The number of carbonyl (C=O) groups is 1. The SMILES string of the molecule is CCCCCCCC/C=C\CCCCCCCC(=O)CNCCS(=O)(=O)[O-].[K+]. The van der Waals surface area contributed by atoms with Gasteiger partial charge in [0.1, 0.15) is 5.78 Å². The van der Waals surface area contributed by atoms with E-state index in [9.17, 15) is 17.8 Å². The molecular weight excluding hydrogens is 401 g/mol. The van der Waals surface area contributed by atoms with Crippen LogP contribution in [0.15, 0.2) is 12.2 Å². The first-order valence-electron chi connectivity index (χ1n) is 10.8. The molecule has 0 amide bonds. The molecule has 0 aromatic rings. The van der Waals surface area contributed by atoms with Gasteiger partial charge in [-0.3, -0.25) is 4.79 Å². The third-order valence-corrected chi connectivity index (χ3v) is 5.27. The van der Waals surface area contributed by atoms with Gasteiger partial charge in [0.2, 0.25) is 0 Å². The normalized spacial score (nSPS) is 11.6. The van der Waals surface area contributed by atoms with E-state index in [0.29, 0.717) is 6.42 Å². The Hall–Kier alpha value is 0.916. The molecule has 7 heteroatoms. The van der Waals surface area contributed by atoms with Crippen molar-refractivity contribution < 1.29 is 69.1 Å². The molecule has 0 aliphatic rings. The van der Waals surface area contributed by atoms with Crippen LogP contribution in [0, 0.1) is 0 Å². The minimum atomic E-state index is -4.19. The van der Waals surface area contributed by atoms with E-state index >= 15 is 0 Å². The Morgan fingerprint density at radius 1 is 0.857 bits per heavy atom. The van der Waals surface area contributed by atoms with Crippen molar-refractivity contribution in [3.63, 3.8) is 0 Å². The third-order valence-electron chi connectivity index (χ3n) is 4.57. The maximum Gasteiger partial charge on any atom is 1.00 e. The summed E-state index contributed by atoms with van der Waals surface area (Å²) in [4.78, 5) is 11.6. The van der Waals surface area contributed by atoms with E-state index in [-0.39, 0.29) is 70.3 Å². The molecule has 0 unspecified atom stereocenters. The predicted molar refractivity (Wildman–Crippen MR) is 112 cm³/mol. The first-order chi connectivity index (χ1) is 13.0. The van der Waals surface area contributed by atoms with E-state index in [1.165, 1.54) is 57.8 Å². The van der Waals surface area contributed by atoms with E-state index in [1.807, 2.05) is 0 Å². The third kappa shape index (κ3) is 26.9. The molecule has 0 rings (SSSR count). The van der Waals surface area contributed by atoms with Gasteiger partial charge in [-0.15, -0.1) is 0 Å². The van der Waals surface area contributed by atoms with Crippen LogP contribution >= 0.6 is 0 Å². The topological polar surface area (TPSA) is 86.3 Å². The Morgan fingerprint density at radius 2 is 1.36 bits per heavy atom. The van der Waals surface area contributed by atoms with Gasteiger partial charge in [0.15, 0.2) is 0 Å². The van der Waals surface area contributed by atoms with Gasteiger partial charge in [-0.25, -0.2) is 8.42 Å². The minimum absolute atomic E-state index is 0. The summed E-state index contributed by atoms with van der Waals surface area (Å²) in [6.07, 6.45) is 21.1. The molecule has 0 saturated heterocycles. The summed E-state index contributed by atoms with van der Waals surface area (Å²) in [7, 11) is -4.19. The van der Waals surface area contributed by atoms with Crippen LogP contribution in [0.1, 0.15) is 96.8 Å². The van der Waals surface area contributed by atoms with E-state index in [2.05, 4.69) is 24.4 Å². The summed E-state index contributed by atoms with van der Waals surface area (Å²) in [5, 5.41) is 2.71. The molecule has 0 aromatic heterocycles. The van der Waals surface area contributed by atoms with Crippen molar-refractivity contribution >= 4 is 15.9 Å². The first kappa shape index (κ1) is 31.1. The van der Waals surface area contributed by atoms with E-state index in [1.54, 1.807) is 0 Å². The standard InChI is InChI=1S/C21H41NO4S.K/c1-2-3-4-5-6-7-8-9-10-11-12-13-14-15-16-17-21(23)20-22-18-19-27(24,25)26;/h9-10,22H,2-8,11-20H2,1H3,(H,24,25,26);/q;+1/p-1/b10-9-;. The van der Waals surface area contributed by atoms with E-state index < -0.39 is 15.9 Å². The average Bonchev–Trinajstić information content (AvgIpc) is 2.61. The van der Waals surface area contributed by atoms with Gasteiger partial charge < -0.3 is 9.87 Å². The monoisotopic (exact) mass is 441 g/mol. The minimum Gasteiger partial charge on any atom is -0.748 e. The second-order valence-electron chi connectivity index (χ2n) is 7.31. The van der Waals surface area contributed by atoms with Crippen LogP contribution in [0.25, 0.3) is 0 Å². The van der Waals surface area contributed by atoms with Crippen molar-refractivity contribution in [2.24, 2.45) is 0 Å². The van der Waals surface area contributed by atoms with E-state index in [4.69, 9.17) is 0 Å². The number of ketones is 1. The zero-order valence-electron chi connectivity index (χ0n) is 18.2. The Balaban J connectivity index is 0. The van der Waals surface area contributed by atoms with Crippen molar-refractivity contribution in [3.8, 4) is 0 Å². The molecule has 0 aromatic carbocycles. The maximum absolute atomic E-state index is 11.6. The molecule has 5 nitrogen and oxygen atoms in total. The molecule has 0 atom stereocenters. The number of nitrogens with one attached hydrogen (secondary N) is 1. The van der Waals surface area contributed by atoms with Crippen LogP contribution < -0.4 is 56.7 Å². The number of hydrogen-bond donors (Lipinski definition) is 1. The summed E-state index contributed by atoms with van der Waals surface area (Å²) in [6, 6.07) is 0. The van der Waals surface area contributed by atoms with E-state index in [0.717, 1.165) is 25.7 Å². The fourth-order valence-electron chi connectivity index (χ4n) is 2.91. The van der Waals surface area contributed by atoms with Gasteiger partial charge >= 0.3 is 51.4 Å². The van der Waals surface area contributed by atoms with Crippen molar-refractivity contribution in [2.75, 3.05) is 18.8 Å². The largest absolute Gasteiger partial charge is 1.00 e. The van der Waals surface area contributed by atoms with Crippen LogP contribution in [0.4, 0.5) is 0 Å². The van der Waals surface area contributed by atoms with Crippen molar-refractivity contribution in [1.82, 2.24) is 5.32 Å². The molecular formula is C21H40KNO4S. The Kier molecular flexibility index (Phi) is 25.1. The summed E-state index contributed by atoms with van der Waals surface area (Å²) in [5.74, 6) is -0.385. The fourth-order valence-corrected chi connectivity index (χ4v) is 3.30. The van der Waals surface area contributed by atoms with Gasteiger partial charge in [-0.2, -0.15) is 0 Å². The van der Waals surface area contributed by atoms with Crippen LogP contribution in [-0.4, -0.2) is 37.6 Å². The molecule has 0 radical (unpaired) electrons. The molecule has 160 valence electrons. The number of unbranched alkanes of at least 4 members (excludes halogenated alkanes) is 11. The summed E-state index contributed by atoms with van der Waals surface area (Å²) >= 11 is 0. The molecule has 0 bridgehead atoms. The molecule has 28 heavy (non-hydrogen) atoms. The average molecular weight is 442 g/mol. The van der Waals surface area contributed by atoms with Crippen LogP contribution in [0.3, 0.4) is 0 Å². The predicted octanol–water partition coefficient (Wildman–Crippen LogP) is 1.73. The molecule has 0 saturated carbocycles. The van der Waals surface area contributed by atoms with Crippen molar-refractivity contribution in [2.45, 2.75) is 96.8 Å². The zero-order chi connectivity index (χ0) is 20.2. The molecule has 0 aliphatic heterocycles. The quantitative estimate of drug-likeness (QED) is 0.135. The molecule has 0 heterocycles. The Labute approximate surface area is 216 Å². The summed E-state index contributed by atoms with van der Waals surface area (Å²) in [5.41, 5.74) is 0. The molecule has 0 fully saturated rings. The van der Waals surface area contributed by atoms with Gasteiger partial charge in [-0.1, -0.05) is 70.4 Å². The molecule has 0 aliphatic carbocycles. The molecule has 0 spiro atoms. The summed E-state index contributed by atoms with van der Waals surface area (Å²) in [6.45, 7) is 2.45. The van der Waals surface area contributed by atoms with Gasteiger partial charge in [0, 0.05) is 13.0 Å². The number of allylic oxidation sites excluding steroid dienone is 2. The summed E-state index contributed by atoms with van der Waals surface area (Å²) < 4.78 is 31.3. The first-order valence-corrected chi connectivity index (χ1v) is 12.3. The van der Waals surface area contributed by atoms with Crippen LogP contribution in [0.5, 0.6) is 0 Å².